The Morgan fingerprint density at radius 3 is 2.97 bits per heavy atom. The molecule has 3 amide bonds. The number of rotatable bonds is 7. The van der Waals surface area contributed by atoms with Crippen molar-refractivity contribution in [2.45, 2.75) is 37.9 Å². The van der Waals surface area contributed by atoms with Crippen molar-refractivity contribution in [1.29, 1.82) is 0 Å². The van der Waals surface area contributed by atoms with Gasteiger partial charge in [0.1, 0.15) is 12.3 Å². The van der Waals surface area contributed by atoms with Crippen LogP contribution >= 0.6 is 11.3 Å². The average molecular weight is 429 g/mol. The first kappa shape index (κ1) is 20.2. The molecule has 2 N–H and O–H groups in total. The van der Waals surface area contributed by atoms with Crippen LogP contribution in [0.2, 0.25) is 0 Å². The number of carbonyl (C=O) groups is 3. The Morgan fingerprint density at radius 1 is 1.30 bits per heavy atom. The average Bonchev–Trinajstić information content (AvgIpc) is 3.42. The molecule has 158 valence electrons. The Balaban J connectivity index is 1.38. The summed E-state index contributed by atoms with van der Waals surface area (Å²) in [5.74, 6) is 1.13. The van der Waals surface area contributed by atoms with E-state index in [-0.39, 0.29) is 19.1 Å². The van der Waals surface area contributed by atoms with E-state index in [0.29, 0.717) is 31.0 Å². The summed E-state index contributed by atoms with van der Waals surface area (Å²) in [4.78, 5) is 39.5. The predicted molar refractivity (Wildman–Crippen MR) is 110 cm³/mol. The molecule has 0 unspecified atom stereocenters. The zero-order chi connectivity index (χ0) is 20.9. The summed E-state index contributed by atoms with van der Waals surface area (Å²) in [5, 5.41) is 7.57. The fourth-order valence-corrected chi connectivity index (χ4v) is 4.40. The molecule has 2 aliphatic heterocycles. The van der Waals surface area contributed by atoms with Gasteiger partial charge < -0.3 is 29.8 Å². The van der Waals surface area contributed by atoms with Crippen molar-refractivity contribution in [2.75, 3.05) is 13.3 Å². The molecule has 8 nitrogen and oxygen atoms in total. The Morgan fingerprint density at radius 2 is 2.17 bits per heavy atom. The van der Waals surface area contributed by atoms with Gasteiger partial charge in [0, 0.05) is 17.8 Å². The van der Waals surface area contributed by atoms with Crippen LogP contribution in [-0.4, -0.2) is 42.5 Å². The minimum absolute atomic E-state index is 0.0835. The lowest BCUT2D eigenvalue weighted by molar-refractivity contribution is -0.136. The SMILES string of the molecule is O=CC[C@H](NC(=O)N[C@H]1CCCN(Cc2cccs2)C1=O)c1ccc2c(c1)OCO2. The van der Waals surface area contributed by atoms with Crippen LogP contribution in [0, 0.1) is 0 Å². The molecule has 0 bridgehead atoms. The lowest BCUT2D eigenvalue weighted by atomic mass is 10.0. The topological polar surface area (TPSA) is 97.0 Å². The minimum Gasteiger partial charge on any atom is -0.454 e. The number of carbonyl (C=O) groups excluding carboxylic acids is 3. The van der Waals surface area contributed by atoms with Crippen molar-refractivity contribution in [1.82, 2.24) is 15.5 Å². The third-order valence-electron chi connectivity index (χ3n) is 5.20. The van der Waals surface area contributed by atoms with E-state index < -0.39 is 18.1 Å². The first-order chi connectivity index (χ1) is 14.6. The maximum absolute atomic E-state index is 12.8. The maximum atomic E-state index is 12.8. The lowest BCUT2D eigenvalue weighted by Gasteiger charge is -2.32. The van der Waals surface area contributed by atoms with Crippen molar-refractivity contribution in [2.24, 2.45) is 0 Å². The first-order valence-electron chi connectivity index (χ1n) is 9.85. The van der Waals surface area contributed by atoms with E-state index in [2.05, 4.69) is 10.6 Å². The van der Waals surface area contributed by atoms with E-state index in [1.165, 1.54) is 0 Å². The van der Waals surface area contributed by atoms with Crippen molar-refractivity contribution in [3.63, 3.8) is 0 Å². The smallest absolute Gasteiger partial charge is 0.315 e. The minimum atomic E-state index is -0.577. The van der Waals surface area contributed by atoms with Crippen LogP contribution in [0.1, 0.15) is 35.7 Å². The Bertz CT molecular complexity index is 917. The largest absolute Gasteiger partial charge is 0.454 e. The van der Waals surface area contributed by atoms with Crippen molar-refractivity contribution < 1.29 is 23.9 Å². The number of aldehydes is 1. The second-order valence-electron chi connectivity index (χ2n) is 7.22. The van der Waals surface area contributed by atoms with Gasteiger partial charge in [0.15, 0.2) is 11.5 Å². The van der Waals surface area contributed by atoms with Crippen LogP contribution in [0.25, 0.3) is 0 Å². The van der Waals surface area contributed by atoms with Crippen LogP contribution in [0.15, 0.2) is 35.7 Å². The van der Waals surface area contributed by atoms with Crippen LogP contribution < -0.4 is 20.1 Å². The molecule has 0 spiro atoms. The molecular formula is C21H23N3O5S. The number of nitrogens with one attached hydrogen (secondary N) is 2. The normalized spacial score (nSPS) is 18.7. The Hall–Kier alpha value is -3.07. The highest BCUT2D eigenvalue weighted by Crippen LogP contribution is 2.34. The van der Waals surface area contributed by atoms with Gasteiger partial charge >= 0.3 is 6.03 Å². The molecule has 2 aromatic rings. The van der Waals surface area contributed by atoms with E-state index in [1.54, 1.807) is 34.4 Å². The summed E-state index contributed by atoms with van der Waals surface area (Å²) in [6.45, 7) is 1.39. The third-order valence-corrected chi connectivity index (χ3v) is 6.06. The number of hydrogen-bond acceptors (Lipinski definition) is 6. The molecule has 1 fully saturated rings. The summed E-state index contributed by atoms with van der Waals surface area (Å²) in [5.41, 5.74) is 0.732. The number of amides is 3. The van der Waals surface area contributed by atoms with Crippen molar-refractivity contribution in [3.05, 3.63) is 46.2 Å². The molecule has 2 aliphatic rings. The highest BCUT2D eigenvalue weighted by atomic mass is 32.1. The summed E-state index contributed by atoms with van der Waals surface area (Å²) < 4.78 is 10.7. The third kappa shape index (κ3) is 4.56. The number of likely N-dealkylation sites (tertiary alicyclic amines) is 1. The lowest BCUT2D eigenvalue weighted by Crippen LogP contribution is -2.54. The number of hydrogen-bond donors (Lipinski definition) is 2. The zero-order valence-electron chi connectivity index (χ0n) is 16.3. The quantitative estimate of drug-likeness (QED) is 0.660. The van der Waals surface area contributed by atoms with Gasteiger partial charge in [-0.2, -0.15) is 0 Å². The summed E-state index contributed by atoms with van der Waals surface area (Å²) >= 11 is 1.61. The van der Waals surface area contributed by atoms with Crippen LogP contribution in [0.3, 0.4) is 0 Å². The van der Waals surface area contributed by atoms with Crippen LogP contribution in [-0.2, 0) is 16.1 Å². The fourth-order valence-electron chi connectivity index (χ4n) is 3.68. The number of urea groups is 1. The molecular weight excluding hydrogens is 406 g/mol. The molecule has 2 atom stereocenters. The van der Waals surface area contributed by atoms with Crippen molar-refractivity contribution in [3.8, 4) is 11.5 Å². The molecule has 9 heteroatoms. The number of ether oxygens (including phenoxy) is 2. The van der Waals surface area contributed by atoms with E-state index in [9.17, 15) is 14.4 Å². The van der Waals surface area contributed by atoms with E-state index in [4.69, 9.17) is 9.47 Å². The summed E-state index contributed by atoms with van der Waals surface area (Å²) in [7, 11) is 0. The highest BCUT2D eigenvalue weighted by molar-refractivity contribution is 7.09. The zero-order valence-corrected chi connectivity index (χ0v) is 17.2. The van der Waals surface area contributed by atoms with Crippen LogP contribution in [0.4, 0.5) is 4.79 Å². The molecule has 0 saturated carbocycles. The summed E-state index contributed by atoms with van der Waals surface area (Å²) in [6.07, 6.45) is 2.28. The molecule has 3 heterocycles. The van der Waals surface area contributed by atoms with Gasteiger partial charge in [-0.25, -0.2) is 4.79 Å². The monoisotopic (exact) mass is 429 g/mol. The standard InChI is InChI=1S/C21H23N3O5S/c25-9-7-16(14-5-6-18-19(11-14)29-13-28-18)22-21(27)23-17-4-1-8-24(20(17)26)12-15-3-2-10-30-15/h2-3,5-6,9-11,16-17H,1,4,7-8,12-13H2,(H2,22,23,27)/t16-,17-/m0/s1. The molecule has 1 aromatic heterocycles. The van der Waals surface area contributed by atoms with Gasteiger partial charge in [-0.15, -0.1) is 11.3 Å². The van der Waals surface area contributed by atoms with E-state index in [0.717, 1.165) is 23.1 Å². The molecule has 30 heavy (non-hydrogen) atoms. The second-order valence-corrected chi connectivity index (χ2v) is 8.25. The van der Waals surface area contributed by atoms with Gasteiger partial charge in [-0.05, 0) is 42.0 Å². The van der Waals surface area contributed by atoms with Crippen LogP contribution in [0.5, 0.6) is 11.5 Å². The Kier molecular flexibility index (Phi) is 6.18. The number of piperidine rings is 1. The van der Waals surface area contributed by atoms with Gasteiger partial charge in [-0.3, -0.25) is 4.79 Å². The van der Waals surface area contributed by atoms with Gasteiger partial charge in [0.25, 0.3) is 0 Å². The van der Waals surface area contributed by atoms with E-state index in [1.807, 2.05) is 17.5 Å². The van der Waals surface area contributed by atoms with Crippen molar-refractivity contribution >= 4 is 29.6 Å². The van der Waals surface area contributed by atoms with Gasteiger partial charge in [0.05, 0.1) is 12.6 Å². The maximum Gasteiger partial charge on any atom is 0.315 e. The molecule has 0 radical (unpaired) electrons. The van der Waals surface area contributed by atoms with Gasteiger partial charge in [-0.1, -0.05) is 12.1 Å². The first-order valence-corrected chi connectivity index (χ1v) is 10.7. The highest BCUT2D eigenvalue weighted by Gasteiger charge is 2.30. The second kappa shape index (κ2) is 9.17. The molecule has 4 rings (SSSR count). The van der Waals surface area contributed by atoms with Gasteiger partial charge in [0.2, 0.25) is 12.7 Å². The predicted octanol–water partition coefficient (Wildman–Crippen LogP) is 2.60. The number of thiophene rings is 1. The Labute approximate surface area is 178 Å². The number of benzene rings is 1. The summed E-state index contributed by atoms with van der Waals surface area (Å²) in [6, 6.07) is 7.67. The molecule has 0 aliphatic carbocycles. The molecule has 1 saturated heterocycles. The van der Waals surface area contributed by atoms with E-state index >= 15 is 0 Å². The number of fused-ring (bicyclic) bond motifs is 1. The fraction of sp³-hybridized carbons (Fsp3) is 0.381. The number of nitrogens with zero attached hydrogens (tertiary/aromatic N) is 1. The molecule has 1 aromatic carbocycles.